The summed E-state index contributed by atoms with van der Waals surface area (Å²) < 4.78 is 31.4. The summed E-state index contributed by atoms with van der Waals surface area (Å²) in [4.78, 5) is 4.88. The van der Waals surface area contributed by atoms with E-state index in [1.165, 1.54) is 50.5 Å². The fourth-order valence-electron chi connectivity index (χ4n) is 3.25. The third-order valence-corrected chi connectivity index (χ3v) is 6.81. The minimum atomic E-state index is -3.40. The van der Waals surface area contributed by atoms with Gasteiger partial charge < -0.3 is 15.4 Å². The number of benzene rings is 1. The van der Waals surface area contributed by atoms with Gasteiger partial charge in [0.05, 0.1) is 17.5 Å². The molecule has 164 valence electrons. The molecule has 0 unspecified atom stereocenters. The van der Waals surface area contributed by atoms with Crippen LogP contribution in [-0.2, 0) is 21.3 Å². The number of rotatable bonds is 10. The standard InChI is InChI=1S/C21H36N4O3S/c1-4-22-21(23-15-8-16-28-19-9-6-5-7-10-19)24-17-18-11-13-20(14-12-18)29(26,27)25(2)3/h11-14,19H,4-10,15-17H2,1-3H3,(H2,22,23,24). The molecule has 0 radical (unpaired) electrons. The SMILES string of the molecule is CCNC(=NCc1ccc(S(=O)(=O)N(C)C)cc1)NCCCOC1CCCCC1. The first kappa shape index (κ1) is 23.6. The summed E-state index contributed by atoms with van der Waals surface area (Å²) in [6.07, 6.45) is 7.73. The van der Waals surface area contributed by atoms with Crippen LogP contribution in [0, 0.1) is 0 Å². The van der Waals surface area contributed by atoms with E-state index in [0.29, 0.717) is 17.5 Å². The Hall–Kier alpha value is -1.64. The van der Waals surface area contributed by atoms with Crippen LogP contribution < -0.4 is 10.6 Å². The highest BCUT2D eigenvalue weighted by Gasteiger charge is 2.16. The Bertz CT molecular complexity index is 727. The largest absolute Gasteiger partial charge is 0.378 e. The summed E-state index contributed by atoms with van der Waals surface area (Å²) in [6, 6.07) is 6.87. The summed E-state index contributed by atoms with van der Waals surface area (Å²) in [6.45, 7) is 4.88. The fourth-order valence-corrected chi connectivity index (χ4v) is 4.15. The Labute approximate surface area is 176 Å². The Morgan fingerprint density at radius 2 is 1.83 bits per heavy atom. The number of hydrogen-bond acceptors (Lipinski definition) is 4. The molecule has 1 fully saturated rings. The molecule has 0 aromatic heterocycles. The van der Waals surface area contributed by atoms with Gasteiger partial charge >= 0.3 is 0 Å². The van der Waals surface area contributed by atoms with Crippen LogP contribution in [0.1, 0.15) is 51.0 Å². The highest BCUT2D eigenvalue weighted by atomic mass is 32.2. The van der Waals surface area contributed by atoms with Gasteiger partial charge in [-0.1, -0.05) is 31.4 Å². The minimum Gasteiger partial charge on any atom is -0.378 e. The van der Waals surface area contributed by atoms with Gasteiger partial charge in [0.25, 0.3) is 0 Å². The molecule has 0 saturated heterocycles. The predicted molar refractivity (Wildman–Crippen MR) is 118 cm³/mol. The predicted octanol–water partition coefficient (Wildman–Crippen LogP) is 2.73. The first-order valence-corrected chi connectivity index (χ1v) is 12.0. The Balaban J connectivity index is 1.79. The number of nitrogens with one attached hydrogen (secondary N) is 2. The molecule has 0 atom stereocenters. The molecular weight excluding hydrogens is 388 g/mol. The quantitative estimate of drug-likeness (QED) is 0.343. The molecule has 1 aromatic carbocycles. The number of hydrogen-bond donors (Lipinski definition) is 2. The molecule has 1 saturated carbocycles. The molecule has 8 heteroatoms. The average Bonchev–Trinajstić information content (AvgIpc) is 2.72. The van der Waals surface area contributed by atoms with Gasteiger partial charge in [-0.05, 0) is 43.9 Å². The van der Waals surface area contributed by atoms with E-state index in [4.69, 9.17) is 4.74 Å². The fraction of sp³-hybridized carbons (Fsp3) is 0.667. The highest BCUT2D eigenvalue weighted by molar-refractivity contribution is 7.89. The van der Waals surface area contributed by atoms with Crippen LogP contribution in [0.15, 0.2) is 34.2 Å². The van der Waals surface area contributed by atoms with Crippen molar-refractivity contribution in [3.05, 3.63) is 29.8 Å². The minimum absolute atomic E-state index is 0.290. The van der Waals surface area contributed by atoms with Gasteiger partial charge in [0, 0.05) is 33.8 Å². The maximum Gasteiger partial charge on any atom is 0.242 e. The zero-order chi connectivity index (χ0) is 21.1. The topological polar surface area (TPSA) is 83.0 Å². The van der Waals surface area contributed by atoms with Crippen molar-refractivity contribution in [2.45, 2.75) is 63.0 Å². The first-order chi connectivity index (χ1) is 13.9. The summed E-state index contributed by atoms with van der Waals surface area (Å²) in [5.41, 5.74) is 0.959. The highest BCUT2D eigenvalue weighted by Crippen LogP contribution is 2.20. The molecule has 29 heavy (non-hydrogen) atoms. The van der Waals surface area contributed by atoms with Crippen molar-refractivity contribution in [2.24, 2.45) is 4.99 Å². The van der Waals surface area contributed by atoms with E-state index in [1.807, 2.05) is 19.1 Å². The number of nitrogens with zero attached hydrogens (tertiary/aromatic N) is 2. The van der Waals surface area contributed by atoms with Gasteiger partial charge in [-0.2, -0.15) is 0 Å². The molecule has 0 bridgehead atoms. The van der Waals surface area contributed by atoms with Gasteiger partial charge in [0.15, 0.2) is 5.96 Å². The van der Waals surface area contributed by atoms with Gasteiger partial charge in [-0.15, -0.1) is 0 Å². The van der Waals surface area contributed by atoms with Crippen molar-refractivity contribution < 1.29 is 13.2 Å². The van der Waals surface area contributed by atoms with E-state index in [2.05, 4.69) is 15.6 Å². The van der Waals surface area contributed by atoms with Crippen molar-refractivity contribution in [3.63, 3.8) is 0 Å². The number of ether oxygens (including phenoxy) is 1. The lowest BCUT2D eigenvalue weighted by Crippen LogP contribution is -2.38. The molecule has 2 N–H and O–H groups in total. The average molecular weight is 425 g/mol. The summed E-state index contributed by atoms with van der Waals surface area (Å²) in [7, 11) is -0.339. The van der Waals surface area contributed by atoms with Crippen molar-refractivity contribution >= 4 is 16.0 Å². The molecule has 1 aromatic rings. The van der Waals surface area contributed by atoms with Crippen molar-refractivity contribution in [3.8, 4) is 0 Å². The van der Waals surface area contributed by atoms with Crippen molar-refractivity contribution in [1.82, 2.24) is 14.9 Å². The first-order valence-electron chi connectivity index (χ1n) is 10.6. The third kappa shape index (κ3) is 7.95. The van der Waals surface area contributed by atoms with Gasteiger partial charge in [0.1, 0.15) is 0 Å². The van der Waals surface area contributed by atoms with E-state index < -0.39 is 10.0 Å². The molecule has 1 aliphatic carbocycles. The Kier molecular flexibility index (Phi) is 9.90. The zero-order valence-corrected chi connectivity index (χ0v) is 18.8. The Morgan fingerprint density at radius 1 is 1.14 bits per heavy atom. The number of aliphatic imine (C=N–C) groups is 1. The monoisotopic (exact) mass is 424 g/mol. The van der Waals surface area contributed by atoms with E-state index >= 15 is 0 Å². The van der Waals surface area contributed by atoms with Gasteiger partial charge in [-0.25, -0.2) is 17.7 Å². The lowest BCUT2D eigenvalue weighted by Gasteiger charge is -2.22. The van der Waals surface area contributed by atoms with Crippen LogP contribution in [0.2, 0.25) is 0 Å². The maximum absolute atomic E-state index is 12.1. The Morgan fingerprint density at radius 3 is 2.45 bits per heavy atom. The van der Waals surface area contributed by atoms with Crippen LogP contribution in [0.3, 0.4) is 0 Å². The van der Waals surface area contributed by atoms with Gasteiger partial charge in [0.2, 0.25) is 10.0 Å². The maximum atomic E-state index is 12.1. The van der Waals surface area contributed by atoms with Crippen molar-refractivity contribution in [2.75, 3.05) is 33.8 Å². The van der Waals surface area contributed by atoms with Crippen molar-refractivity contribution in [1.29, 1.82) is 0 Å². The second kappa shape index (κ2) is 12.1. The summed E-state index contributed by atoms with van der Waals surface area (Å²) in [5, 5.41) is 6.57. The molecule has 0 aliphatic heterocycles. The van der Waals surface area contributed by atoms with E-state index in [1.54, 1.807) is 12.1 Å². The summed E-state index contributed by atoms with van der Waals surface area (Å²) in [5.74, 6) is 0.759. The van der Waals surface area contributed by atoms with E-state index in [9.17, 15) is 8.42 Å². The zero-order valence-electron chi connectivity index (χ0n) is 18.0. The molecule has 0 amide bonds. The lowest BCUT2D eigenvalue weighted by molar-refractivity contribution is 0.0277. The van der Waals surface area contributed by atoms with Crippen LogP contribution in [0.5, 0.6) is 0 Å². The van der Waals surface area contributed by atoms with Crippen LogP contribution >= 0.6 is 0 Å². The molecular formula is C21H36N4O3S. The second-order valence-electron chi connectivity index (χ2n) is 7.54. The normalized spacial score (nSPS) is 16.2. The third-order valence-electron chi connectivity index (χ3n) is 4.99. The van der Waals surface area contributed by atoms with Gasteiger partial charge in [-0.3, -0.25) is 0 Å². The smallest absolute Gasteiger partial charge is 0.242 e. The van der Waals surface area contributed by atoms with Crippen LogP contribution in [0.25, 0.3) is 0 Å². The molecule has 0 spiro atoms. The molecule has 7 nitrogen and oxygen atoms in total. The van der Waals surface area contributed by atoms with E-state index in [-0.39, 0.29) is 0 Å². The molecule has 0 heterocycles. The van der Waals surface area contributed by atoms with Crippen LogP contribution in [0.4, 0.5) is 0 Å². The number of sulfonamides is 1. The summed E-state index contributed by atoms with van der Waals surface area (Å²) >= 11 is 0. The number of guanidine groups is 1. The lowest BCUT2D eigenvalue weighted by atomic mass is 9.98. The van der Waals surface area contributed by atoms with Crippen LogP contribution in [-0.4, -0.2) is 58.6 Å². The van der Waals surface area contributed by atoms with E-state index in [0.717, 1.165) is 37.6 Å². The molecule has 2 rings (SSSR count). The molecule has 1 aliphatic rings. The second-order valence-corrected chi connectivity index (χ2v) is 9.69.